The molecule has 1 aromatic heterocycles. The van der Waals surface area contributed by atoms with E-state index in [4.69, 9.17) is 4.72 Å². The highest BCUT2D eigenvalue weighted by Crippen LogP contribution is 2.04. The van der Waals surface area contributed by atoms with Crippen LogP contribution in [0.4, 0.5) is 4.72 Å². The second kappa shape index (κ2) is 6.77. The zero-order valence-electron chi connectivity index (χ0n) is 7.92. The number of rotatable bonds is 2. The van der Waals surface area contributed by atoms with Crippen molar-refractivity contribution in [1.82, 2.24) is 4.98 Å². The van der Waals surface area contributed by atoms with E-state index in [1.165, 1.54) is 5.56 Å². The van der Waals surface area contributed by atoms with Crippen molar-refractivity contribution in [2.45, 2.75) is 27.7 Å². The SMILES string of the molecule is C.CC(C)Cc1cccnc1.[3H]F. The predicted molar refractivity (Wildman–Crippen MR) is 52.0 cm³/mol. The fraction of sp³-hybridized carbons (Fsp3) is 0.500. The Morgan fingerprint density at radius 1 is 1.58 bits per heavy atom. The Bertz CT molecular complexity index is 189. The second-order valence-corrected chi connectivity index (χ2v) is 2.96. The van der Waals surface area contributed by atoms with E-state index in [0.717, 1.165) is 12.3 Å². The minimum Gasteiger partial charge on any atom is -0.269 e. The monoisotopic (exact) mass is 173 g/mol. The number of hydrogen-bond acceptors (Lipinski definition) is 1. The van der Waals surface area contributed by atoms with E-state index >= 15 is 0 Å². The van der Waals surface area contributed by atoms with Gasteiger partial charge >= 0.3 is 0 Å². The first-order valence-corrected chi connectivity index (χ1v) is 3.68. The van der Waals surface area contributed by atoms with E-state index in [0.29, 0.717) is 0 Å². The molecule has 1 aromatic rings. The van der Waals surface area contributed by atoms with Gasteiger partial charge in [0.2, 0.25) is 0 Å². The van der Waals surface area contributed by atoms with Crippen LogP contribution < -0.4 is 0 Å². The minimum absolute atomic E-state index is 0. The van der Waals surface area contributed by atoms with Crippen molar-refractivity contribution >= 4 is 0 Å². The summed E-state index contributed by atoms with van der Waals surface area (Å²) >= 11 is 0. The van der Waals surface area contributed by atoms with Crippen LogP contribution in [0.3, 0.4) is 0 Å². The quantitative estimate of drug-likeness (QED) is 0.669. The molecule has 0 fully saturated rings. The van der Waals surface area contributed by atoms with Gasteiger partial charge in [-0.1, -0.05) is 27.3 Å². The van der Waals surface area contributed by atoms with Gasteiger partial charge in [-0.3, -0.25) is 9.70 Å². The number of pyridine rings is 1. The molecule has 0 N–H and O–H groups in total. The van der Waals surface area contributed by atoms with Gasteiger partial charge in [-0.15, -0.1) is 0 Å². The van der Waals surface area contributed by atoms with Gasteiger partial charge in [-0.05, 0) is 24.0 Å². The summed E-state index contributed by atoms with van der Waals surface area (Å²) in [7, 11) is 0. The van der Waals surface area contributed by atoms with E-state index in [2.05, 4.69) is 26.3 Å². The molecule has 1 nitrogen and oxygen atoms in total. The van der Waals surface area contributed by atoms with E-state index in [9.17, 15) is 0 Å². The van der Waals surface area contributed by atoms with Crippen LogP contribution in [0, 0.1) is 5.92 Å². The zero-order chi connectivity index (χ0) is 9.40. The van der Waals surface area contributed by atoms with E-state index < -0.39 is 0 Å². The van der Waals surface area contributed by atoms with Crippen LogP contribution >= 0.6 is 0 Å². The molecule has 1 heterocycles. The summed E-state index contributed by atoms with van der Waals surface area (Å²) in [5.74, 6) is 0.726. The molecule has 0 bridgehead atoms. The average molecular weight is 173 g/mol. The van der Waals surface area contributed by atoms with Crippen LogP contribution in [0.1, 0.15) is 26.8 Å². The highest BCUT2D eigenvalue weighted by atomic mass is 19.0. The van der Waals surface area contributed by atoms with Crippen LogP contribution in [-0.4, -0.2) is 6.43 Å². The normalized spacial score (nSPS) is 9.17. The van der Waals surface area contributed by atoms with Crippen molar-refractivity contribution < 1.29 is 4.72 Å². The molecule has 12 heavy (non-hydrogen) atoms. The first-order chi connectivity index (χ1) is 5.79. The molecule has 0 radical (unpaired) electrons. The molecule has 0 saturated heterocycles. The minimum atomic E-state index is 0. The van der Waals surface area contributed by atoms with Crippen LogP contribution in [0.15, 0.2) is 24.5 Å². The third-order valence-electron chi connectivity index (χ3n) is 1.37. The van der Waals surface area contributed by atoms with Gasteiger partial charge in [0.05, 0.1) is 0 Å². The number of hydrogen-bond donors (Lipinski definition) is 0. The fourth-order valence-electron chi connectivity index (χ4n) is 0.990. The van der Waals surface area contributed by atoms with Gasteiger partial charge in [-0.2, -0.15) is 0 Å². The van der Waals surface area contributed by atoms with Gasteiger partial charge in [0, 0.05) is 12.4 Å². The maximum atomic E-state index is 8.75. The lowest BCUT2D eigenvalue weighted by Gasteiger charge is -2.01. The Labute approximate surface area is 75.7 Å². The number of aromatic nitrogens is 1. The van der Waals surface area contributed by atoms with Gasteiger partial charge in [0.1, 0.15) is 0 Å². The molecule has 0 spiro atoms. The van der Waals surface area contributed by atoms with Gasteiger partial charge in [0.25, 0.3) is 1.45 Å². The summed E-state index contributed by atoms with van der Waals surface area (Å²) in [6.07, 6.45) is 4.87. The molecule has 1 rings (SSSR count). The van der Waals surface area contributed by atoms with Crippen molar-refractivity contribution in [3.63, 3.8) is 0 Å². The molecule has 0 unspecified atom stereocenters. The summed E-state index contributed by atoms with van der Waals surface area (Å²) in [4.78, 5) is 4.04. The summed E-state index contributed by atoms with van der Waals surface area (Å²) in [5.41, 5.74) is 1.33. The smallest absolute Gasteiger partial charge is 0.269 e. The highest BCUT2D eigenvalue weighted by molar-refractivity contribution is 5.08. The molecule has 0 saturated carbocycles. The Morgan fingerprint density at radius 2 is 2.25 bits per heavy atom. The highest BCUT2D eigenvalue weighted by Gasteiger charge is 1.94. The Hall–Kier alpha value is -0.920. The maximum Gasteiger partial charge on any atom is 0.269 e. The molecule has 0 aliphatic carbocycles. The van der Waals surface area contributed by atoms with E-state index in [1.807, 2.05) is 18.5 Å². The van der Waals surface area contributed by atoms with E-state index in [-0.39, 0.29) is 7.43 Å². The topological polar surface area (TPSA) is 12.9 Å². The van der Waals surface area contributed by atoms with Gasteiger partial charge in [-0.25, -0.2) is 0 Å². The third-order valence-corrected chi connectivity index (χ3v) is 1.37. The molecule has 0 amide bonds. The second-order valence-electron chi connectivity index (χ2n) is 2.96. The molecule has 0 aliphatic rings. The van der Waals surface area contributed by atoms with Crippen molar-refractivity contribution in [2.24, 2.45) is 5.92 Å². The maximum absolute atomic E-state index is 8.75. The lowest BCUT2D eigenvalue weighted by molar-refractivity contribution is 0.645. The summed E-state index contributed by atoms with van der Waals surface area (Å²) in [5, 5.41) is 0. The predicted octanol–water partition coefficient (Wildman–Crippen LogP) is 3.07. The molecule has 70 valence electrons. The summed E-state index contributed by atoms with van der Waals surface area (Å²) in [6, 6.07) is 4.10. The summed E-state index contributed by atoms with van der Waals surface area (Å²) in [6.45, 7) is 4.43. The van der Waals surface area contributed by atoms with Crippen molar-refractivity contribution in [3.8, 4) is 0 Å². The Kier molecular flexibility index (Phi) is 6.25. The van der Waals surface area contributed by atoms with Crippen molar-refractivity contribution in [3.05, 3.63) is 30.1 Å². The first kappa shape index (κ1) is 11.1. The van der Waals surface area contributed by atoms with Crippen molar-refractivity contribution in [2.75, 3.05) is 0 Å². The van der Waals surface area contributed by atoms with Gasteiger partial charge < -0.3 is 0 Å². The molecule has 0 aliphatic heterocycles. The van der Waals surface area contributed by atoms with Crippen LogP contribution in [0.25, 0.3) is 0 Å². The zero-order valence-corrected chi connectivity index (χ0v) is 6.92. The average Bonchev–Trinajstić information content (AvgIpc) is 2.08. The van der Waals surface area contributed by atoms with Crippen molar-refractivity contribution in [1.29, 1.82) is 1.45 Å². The number of nitrogens with zero attached hydrogens (tertiary/aromatic N) is 1. The number of halogens is 1. The molecular formula is C10H18FN. The molecular weight excluding hydrogens is 153 g/mol. The summed E-state index contributed by atoms with van der Waals surface area (Å²) < 4.78 is 13.0. The van der Waals surface area contributed by atoms with Crippen LogP contribution in [0.2, 0.25) is 0 Å². The first-order valence-electron chi connectivity index (χ1n) is 4.05. The third kappa shape index (κ3) is 4.83. The fourth-order valence-corrected chi connectivity index (χ4v) is 0.990. The standard InChI is InChI=1S/C9H13N.CH4.FH/c1-8(2)6-9-4-3-5-10-7-9;;/h3-5,7-8H,6H2,1-2H3;1H4;1H/i/hT. The van der Waals surface area contributed by atoms with Crippen LogP contribution in [0.5, 0.6) is 0 Å². The molecule has 0 atom stereocenters. The van der Waals surface area contributed by atoms with Gasteiger partial charge in [0.15, 0.2) is 0 Å². The Morgan fingerprint density at radius 3 is 2.67 bits per heavy atom. The lowest BCUT2D eigenvalue weighted by Crippen LogP contribution is -1.93. The molecule has 2 heteroatoms. The Balaban J connectivity index is 0. The largest absolute Gasteiger partial charge is 0.269 e. The van der Waals surface area contributed by atoms with E-state index in [1.54, 1.807) is 0 Å². The van der Waals surface area contributed by atoms with Crippen LogP contribution in [-0.2, 0) is 6.42 Å². The molecule has 0 aromatic carbocycles. The lowest BCUT2D eigenvalue weighted by atomic mass is 10.1.